The number of nitrogens with zero attached hydrogens (tertiary/aromatic N) is 6. The molecule has 0 bridgehead atoms. The summed E-state index contributed by atoms with van der Waals surface area (Å²) in [7, 11) is 3.22. The number of rotatable bonds is 10. The molecule has 416 valence electrons. The van der Waals surface area contributed by atoms with Crippen LogP contribution in [0.1, 0.15) is 151 Å². The second-order valence-corrected chi connectivity index (χ2v) is 21.3. The lowest BCUT2D eigenvalue weighted by molar-refractivity contribution is -0.138. The molecule has 4 atom stereocenters. The minimum atomic E-state index is -0.679. The van der Waals surface area contributed by atoms with E-state index in [4.69, 9.17) is 22.1 Å². The van der Waals surface area contributed by atoms with Crippen molar-refractivity contribution in [3.05, 3.63) is 136 Å². The summed E-state index contributed by atoms with van der Waals surface area (Å²) in [6.45, 7) is 25.8. The third kappa shape index (κ3) is 12.2. The van der Waals surface area contributed by atoms with Crippen LogP contribution in [-0.4, -0.2) is 76.3 Å². The first-order chi connectivity index (χ1) is 37.1. The monoisotopic (exact) mass is 1080 g/mol. The maximum absolute atomic E-state index is 16.2. The Hall–Kier alpha value is -5.90. The van der Waals surface area contributed by atoms with Gasteiger partial charge in [-0.1, -0.05) is 122 Å². The molecule has 10 rings (SSSR count). The first-order valence-corrected chi connectivity index (χ1v) is 28.2. The summed E-state index contributed by atoms with van der Waals surface area (Å²) in [5.41, 5.74) is 14.6. The summed E-state index contributed by atoms with van der Waals surface area (Å²) >= 11 is 6.49. The normalized spacial score (nSPS) is 20.9. The van der Waals surface area contributed by atoms with E-state index in [1.807, 2.05) is 62.9 Å². The molecule has 1 amide bonds. The van der Waals surface area contributed by atoms with Crippen molar-refractivity contribution in [2.75, 3.05) is 44.7 Å². The van der Waals surface area contributed by atoms with Gasteiger partial charge in [0.15, 0.2) is 17.5 Å². The SMILES string of the molecule is C=C(N)c1cnc(CCCC)c(F)c1-c1c(Cl)c(F)cc2c1[C@H](C)C(c1ccccc1)O2.C=C1CCN(c2nn(C)c3c(F)c(C4CCN(C5CCN(C(=O)C6CCCCC6)CC5)CC4C)c(F)cc23)C(=C)N1.CC.CN. The first-order valence-electron chi connectivity index (χ1n) is 27.8. The van der Waals surface area contributed by atoms with E-state index in [9.17, 15) is 9.18 Å². The van der Waals surface area contributed by atoms with E-state index < -0.39 is 23.3 Å². The van der Waals surface area contributed by atoms with Gasteiger partial charge in [-0.25, -0.2) is 17.6 Å². The fourth-order valence-corrected chi connectivity index (χ4v) is 12.4. The molecule has 5 aliphatic rings. The summed E-state index contributed by atoms with van der Waals surface area (Å²) in [6.07, 6.45) is 12.3. The highest BCUT2D eigenvalue weighted by atomic mass is 35.5. The zero-order chi connectivity index (χ0) is 55.8. The zero-order valence-corrected chi connectivity index (χ0v) is 47.0. The van der Waals surface area contributed by atoms with Crippen LogP contribution in [-0.2, 0) is 18.3 Å². The lowest BCUT2D eigenvalue weighted by atomic mass is 9.79. The molecular weight excluding hydrogens is 1000 g/mol. The van der Waals surface area contributed by atoms with Crippen molar-refractivity contribution < 1.29 is 27.1 Å². The summed E-state index contributed by atoms with van der Waals surface area (Å²) in [5.74, 6) is -0.461. The molecule has 3 unspecified atom stereocenters. The number of ether oxygens (including phenoxy) is 1. The van der Waals surface area contributed by atoms with Gasteiger partial charge in [0.2, 0.25) is 5.91 Å². The number of nitrogens with one attached hydrogen (secondary N) is 1. The largest absolute Gasteiger partial charge is 0.485 e. The number of nitrogens with two attached hydrogens (primary N) is 2. The predicted molar refractivity (Wildman–Crippen MR) is 304 cm³/mol. The second kappa shape index (κ2) is 26.2. The maximum atomic E-state index is 16.2. The molecule has 4 aliphatic heterocycles. The smallest absolute Gasteiger partial charge is 0.225 e. The van der Waals surface area contributed by atoms with Crippen LogP contribution in [0.15, 0.2) is 79.9 Å². The molecule has 1 aliphatic carbocycles. The van der Waals surface area contributed by atoms with Gasteiger partial charge < -0.3 is 31.3 Å². The highest BCUT2D eigenvalue weighted by Gasteiger charge is 2.40. The van der Waals surface area contributed by atoms with E-state index in [2.05, 4.69) is 57.6 Å². The number of piperidine rings is 2. The number of likely N-dealkylation sites (tertiary alicyclic amines) is 2. The highest BCUT2D eigenvalue weighted by Crippen LogP contribution is 2.54. The number of aryl methyl sites for hydroxylation is 2. The van der Waals surface area contributed by atoms with Crippen LogP contribution in [0.3, 0.4) is 0 Å². The molecule has 4 fully saturated rings. The summed E-state index contributed by atoms with van der Waals surface area (Å²) in [6, 6.07) is 12.8. The van der Waals surface area contributed by atoms with Gasteiger partial charge in [-0.3, -0.25) is 19.4 Å². The van der Waals surface area contributed by atoms with Crippen molar-refractivity contribution in [1.82, 2.24) is 29.9 Å². The number of anilines is 1. The van der Waals surface area contributed by atoms with Gasteiger partial charge in [-0.2, -0.15) is 5.10 Å². The fourth-order valence-electron chi connectivity index (χ4n) is 12.2. The number of hydrogen-bond acceptors (Lipinski definition) is 9. The van der Waals surface area contributed by atoms with E-state index in [1.165, 1.54) is 49.3 Å². The van der Waals surface area contributed by atoms with Crippen LogP contribution in [0.5, 0.6) is 5.75 Å². The Morgan fingerprint density at radius 3 is 2.22 bits per heavy atom. The van der Waals surface area contributed by atoms with E-state index in [0.29, 0.717) is 82.9 Å². The van der Waals surface area contributed by atoms with E-state index >= 15 is 13.2 Å². The number of carbonyl (C=O) groups is 1. The van der Waals surface area contributed by atoms with Crippen LogP contribution in [0.4, 0.5) is 23.4 Å². The number of benzene rings is 3. The lowest BCUT2D eigenvalue weighted by Gasteiger charge is -2.45. The zero-order valence-electron chi connectivity index (χ0n) is 46.3. The predicted octanol–water partition coefficient (Wildman–Crippen LogP) is 13.4. The number of unbranched alkanes of at least 4 members (excludes halogenated alkanes) is 1. The number of carbonyl (C=O) groups excluding carboxylic acids is 1. The molecule has 1 saturated carbocycles. The minimum absolute atomic E-state index is 0.108. The van der Waals surface area contributed by atoms with Crippen molar-refractivity contribution in [2.45, 2.75) is 136 Å². The molecule has 6 heterocycles. The minimum Gasteiger partial charge on any atom is -0.485 e. The molecular formula is C61H80ClF4N9O2. The molecule has 0 spiro atoms. The van der Waals surface area contributed by atoms with Crippen LogP contribution in [0.2, 0.25) is 5.02 Å². The van der Waals surface area contributed by atoms with Crippen molar-refractivity contribution in [1.29, 1.82) is 0 Å². The molecule has 3 aromatic carbocycles. The molecule has 5 N–H and O–H groups in total. The third-order valence-corrected chi connectivity index (χ3v) is 16.5. The maximum Gasteiger partial charge on any atom is 0.225 e. The molecule has 11 nitrogen and oxygen atoms in total. The summed E-state index contributed by atoms with van der Waals surface area (Å²) < 4.78 is 70.4. The third-order valence-electron chi connectivity index (χ3n) is 16.1. The Morgan fingerprint density at radius 2 is 1.58 bits per heavy atom. The second-order valence-electron chi connectivity index (χ2n) is 20.9. The van der Waals surface area contributed by atoms with Crippen molar-refractivity contribution in [2.24, 2.45) is 30.4 Å². The van der Waals surface area contributed by atoms with Crippen LogP contribution >= 0.6 is 11.6 Å². The highest BCUT2D eigenvalue weighted by molar-refractivity contribution is 6.34. The lowest BCUT2D eigenvalue weighted by Crippen LogP contribution is -2.51. The summed E-state index contributed by atoms with van der Waals surface area (Å²) in [4.78, 5) is 23.7. The fraction of sp³-hybridized carbons (Fsp3) is 0.492. The van der Waals surface area contributed by atoms with E-state index in [-0.39, 0.29) is 57.2 Å². The van der Waals surface area contributed by atoms with Gasteiger partial charge in [-0.15, -0.1) is 0 Å². The molecule has 3 saturated heterocycles. The standard InChI is InChI=1S/C32H44F2N6O.C26H25ClF2N2O.C2H6.CH5N/c1-20-19-39(24-11-14-38(15-12-24)32(41)23-8-6-5-7-9-23)16-13-25(20)28-27(33)18-26-30(29(28)34)37(4)36-31(26)40-17-10-21(2)35-22(40)3;1-4-5-11-19-25(29)22(17(13-31-19)15(3)30)23-21-14(2)26(16-9-7-6-8-10-16)32-20(21)12-18(28)24(23)27;2*1-2/h18,20,23-25,35H,2-3,5-17,19H2,1,4H3;6-10,12-14,26H,3-5,11,30H2,1-2H3;1-2H3;2H2,1H3/t;14-,26?;;/m.0../s1. The van der Waals surface area contributed by atoms with Gasteiger partial charge in [0.1, 0.15) is 34.8 Å². The van der Waals surface area contributed by atoms with Crippen LogP contribution in [0.25, 0.3) is 27.7 Å². The van der Waals surface area contributed by atoms with Gasteiger partial charge in [0.05, 0.1) is 16.1 Å². The topological polar surface area (TPSA) is 131 Å². The van der Waals surface area contributed by atoms with Crippen molar-refractivity contribution >= 4 is 39.9 Å². The van der Waals surface area contributed by atoms with Gasteiger partial charge in [-0.05, 0) is 82.0 Å². The quantitative estimate of drug-likeness (QED) is 0.117. The molecule has 0 radical (unpaired) electrons. The van der Waals surface area contributed by atoms with Gasteiger partial charge in [0.25, 0.3) is 0 Å². The van der Waals surface area contributed by atoms with Crippen LogP contribution in [0, 0.1) is 35.1 Å². The Labute approximate surface area is 458 Å². The number of aromatic nitrogens is 3. The summed E-state index contributed by atoms with van der Waals surface area (Å²) in [5, 5.41) is 8.01. The average Bonchev–Trinajstić information content (AvgIpc) is 4.00. The van der Waals surface area contributed by atoms with E-state index in [1.54, 1.807) is 7.05 Å². The van der Waals surface area contributed by atoms with Crippen LogP contribution < -0.4 is 26.4 Å². The number of hydrogen-bond donors (Lipinski definition) is 3. The van der Waals surface area contributed by atoms with Crippen molar-refractivity contribution in [3.8, 4) is 16.9 Å². The number of fused-ring (bicyclic) bond motifs is 2. The number of pyridine rings is 1. The molecule has 16 heteroatoms. The average molecular weight is 1080 g/mol. The molecule has 2 aromatic heterocycles. The molecule has 5 aromatic rings. The number of amides is 1. The Morgan fingerprint density at radius 1 is 0.896 bits per heavy atom. The Balaban J connectivity index is 0.000000216. The Kier molecular flexibility index (Phi) is 20.0. The van der Waals surface area contributed by atoms with E-state index in [0.717, 1.165) is 76.0 Å². The molecule has 77 heavy (non-hydrogen) atoms. The van der Waals surface area contributed by atoms with Gasteiger partial charge >= 0.3 is 0 Å². The first kappa shape index (κ1) is 58.8. The van der Waals surface area contributed by atoms with Gasteiger partial charge in [0, 0.05) is 109 Å². The number of halogens is 5. The Bertz CT molecular complexity index is 2920. The van der Waals surface area contributed by atoms with Crippen molar-refractivity contribution in [3.63, 3.8) is 0 Å².